The van der Waals surface area contributed by atoms with E-state index in [1.54, 1.807) is 25.7 Å². The first-order valence-electron chi connectivity index (χ1n) is 8.93. The van der Waals surface area contributed by atoms with Crippen LogP contribution < -0.4 is 0 Å². The molecule has 1 spiro atoms. The molecule has 10 aliphatic carbocycles. The fourth-order valence-electron chi connectivity index (χ4n) is 10.3. The van der Waals surface area contributed by atoms with Crippen molar-refractivity contribution in [1.29, 1.82) is 0 Å². The van der Waals surface area contributed by atoms with Crippen LogP contribution in [0.3, 0.4) is 0 Å². The molecule has 1 heteroatoms. The van der Waals surface area contributed by atoms with Crippen LogP contribution in [0.2, 0.25) is 0 Å². The van der Waals surface area contributed by atoms with Crippen LogP contribution in [-0.4, -0.2) is 10.7 Å². The molecule has 1 N–H and O–H groups in total. The standard InChI is InChI=1S/C18H24O/c19-18-7-12-10-1-8-2-11(12)16-14(18)4-9-3-13(18)15(10)17(16,5-8)6-9/h8-16,19H,1-7H2/t8?,9?,10-,11+,12?,13-,14-,15+,16-,17?,18?/m0/s1. The normalized spacial score (nSPS) is 80.4. The van der Waals surface area contributed by atoms with E-state index in [0.717, 1.165) is 58.7 Å². The molecule has 11 bridgehead atoms. The van der Waals surface area contributed by atoms with E-state index >= 15 is 0 Å². The number of aliphatic hydroxyl groups is 1. The summed E-state index contributed by atoms with van der Waals surface area (Å²) in [5.41, 5.74) is 0.577. The van der Waals surface area contributed by atoms with Crippen molar-refractivity contribution in [2.45, 2.75) is 50.5 Å². The molecule has 0 heterocycles. The first kappa shape index (κ1) is 9.82. The SMILES string of the molecule is OC12CC3[C@H]4CC5C[C@@H]3[C@@H]3[C@@H]1CC1C[C@H]2[C@H]4C3(C5)C1. The lowest BCUT2D eigenvalue weighted by molar-refractivity contribution is -0.391. The fraction of sp³-hybridized carbons (Fsp3) is 1.00. The largest absolute Gasteiger partial charge is 0.389 e. The van der Waals surface area contributed by atoms with Gasteiger partial charge in [0.2, 0.25) is 0 Å². The van der Waals surface area contributed by atoms with Crippen molar-refractivity contribution < 1.29 is 5.11 Å². The van der Waals surface area contributed by atoms with E-state index in [-0.39, 0.29) is 5.60 Å². The maximum Gasteiger partial charge on any atom is 0.0712 e. The Morgan fingerprint density at radius 2 is 1.26 bits per heavy atom. The summed E-state index contributed by atoms with van der Waals surface area (Å²) in [7, 11) is 0. The topological polar surface area (TPSA) is 20.2 Å². The Labute approximate surface area is 115 Å². The van der Waals surface area contributed by atoms with Crippen LogP contribution in [0.15, 0.2) is 0 Å². The molecule has 10 rings (SSSR count). The molecule has 0 saturated heterocycles. The van der Waals surface area contributed by atoms with Gasteiger partial charge in [-0.1, -0.05) is 0 Å². The van der Waals surface area contributed by atoms with Crippen molar-refractivity contribution in [3.63, 3.8) is 0 Å². The minimum atomic E-state index is -0.183. The summed E-state index contributed by atoms with van der Waals surface area (Å²) in [5, 5.41) is 11.5. The predicted molar refractivity (Wildman–Crippen MR) is 71.1 cm³/mol. The monoisotopic (exact) mass is 256 g/mol. The lowest BCUT2D eigenvalue weighted by Gasteiger charge is -2.84. The molecule has 0 aromatic carbocycles. The molecule has 0 aromatic rings. The van der Waals surface area contributed by atoms with Crippen molar-refractivity contribution >= 4 is 0 Å². The van der Waals surface area contributed by atoms with Gasteiger partial charge in [0.25, 0.3) is 0 Å². The molecule has 1 nitrogen and oxygen atoms in total. The molecule has 11 atom stereocenters. The van der Waals surface area contributed by atoms with Gasteiger partial charge in [0.15, 0.2) is 0 Å². The molecule has 0 aliphatic heterocycles. The average molecular weight is 256 g/mol. The molecule has 102 valence electrons. The maximum absolute atomic E-state index is 11.5. The van der Waals surface area contributed by atoms with E-state index in [4.69, 9.17) is 0 Å². The van der Waals surface area contributed by atoms with Crippen LogP contribution in [0.4, 0.5) is 0 Å². The lowest BCUT2D eigenvalue weighted by atomic mass is 9.21. The highest BCUT2D eigenvalue weighted by molar-refractivity contribution is 5.30. The second-order valence-electron chi connectivity index (χ2n) is 9.77. The van der Waals surface area contributed by atoms with Crippen molar-refractivity contribution in [2.24, 2.45) is 58.7 Å². The van der Waals surface area contributed by atoms with Gasteiger partial charge in [-0.15, -0.1) is 0 Å². The highest BCUT2D eigenvalue weighted by Gasteiger charge is 2.81. The second kappa shape index (κ2) is 2.45. The highest BCUT2D eigenvalue weighted by atomic mass is 16.3. The lowest BCUT2D eigenvalue weighted by Crippen LogP contribution is -2.82. The van der Waals surface area contributed by atoms with E-state index in [1.165, 1.54) is 19.3 Å². The first-order chi connectivity index (χ1) is 9.21. The van der Waals surface area contributed by atoms with Crippen LogP contribution in [0.25, 0.3) is 0 Å². The zero-order chi connectivity index (χ0) is 12.1. The Kier molecular flexibility index (Phi) is 1.26. The van der Waals surface area contributed by atoms with Crippen molar-refractivity contribution in [2.75, 3.05) is 0 Å². The van der Waals surface area contributed by atoms with Crippen LogP contribution in [0.1, 0.15) is 44.9 Å². The molecular formula is C18H24O. The fourth-order valence-corrected chi connectivity index (χ4v) is 10.3. The van der Waals surface area contributed by atoms with E-state index in [0.29, 0.717) is 0 Å². The second-order valence-corrected chi connectivity index (χ2v) is 9.77. The minimum Gasteiger partial charge on any atom is -0.389 e. The molecule has 0 radical (unpaired) electrons. The highest BCUT2D eigenvalue weighted by Crippen LogP contribution is 2.85. The van der Waals surface area contributed by atoms with Crippen molar-refractivity contribution in [3.8, 4) is 0 Å². The Hall–Kier alpha value is -0.0400. The molecule has 10 saturated carbocycles. The molecule has 5 unspecified atom stereocenters. The maximum atomic E-state index is 11.5. The summed E-state index contributed by atoms with van der Waals surface area (Å²) in [4.78, 5) is 0. The van der Waals surface area contributed by atoms with Crippen molar-refractivity contribution in [3.05, 3.63) is 0 Å². The number of rotatable bonds is 0. The smallest absolute Gasteiger partial charge is 0.0712 e. The van der Waals surface area contributed by atoms with Gasteiger partial charge >= 0.3 is 0 Å². The van der Waals surface area contributed by atoms with Crippen LogP contribution in [0, 0.1) is 58.7 Å². The quantitative estimate of drug-likeness (QED) is 0.706. The third-order valence-corrected chi connectivity index (χ3v) is 9.79. The Morgan fingerprint density at radius 1 is 0.684 bits per heavy atom. The van der Waals surface area contributed by atoms with Crippen molar-refractivity contribution in [1.82, 2.24) is 0 Å². The zero-order valence-electron chi connectivity index (χ0n) is 11.6. The van der Waals surface area contributed by atoms with Crippen LogP contribution in [0.5, 0.6) is 0 Å². The van der Waals surface area contributed by atoms with Gasteiger partial charge in [-0.25, -0.2) is 0 Å². The molecule has 0 aromatic heterocycles. The average Bonchev–Trinajstić information content (AvgIpc) is 2.37. The summed E-state index contributed by atoms with van der Waals surface area (Å²) >= 11 is 0. The zero-order valence-corrected chi connectivity index (χ0v) is 11.6. The predicted octanol–water partition coefficient (Wildman–Crippen LogP) is 3.08. The summed E-state index contributed by atoms with van der Waals surface area (Å²) in [6, 6.07) is 0. The molecule has 10 fully saturated rings. The van der Waals surface area contributed by atoms with Crippen LogP contribution in [-0.2, 0) is 0 Å². The van der Waals surface area contributed by atoms with Gasteiger partial charge in [0.05, 0.1) is 5.60 Å². The summed E-state index contributed by atoms with van der Waals surface area (Å²) < 4.78 is 0. The van der Waals surface area contributed by atoms with Gasteiger partial charge in [0, 0.05) is 0 Å². The molecular weight excluding hydrogens is 232 g/mol. The molecule has 10 aliphatic rings. The Morgan fingerprint density at radius 3 is 1.89 bits per heavy atom. The number of hydrogen-bond acceptors (Lipinski definition) is 1. The van der Waals surface area contributed by atoms with E-state index in [9.17, 15) is 5.11 Å². The van der Waals surface area contributed by atoms with Gasteiger partial charge in [-0.05, 0) is 104 Å². The molecule has 19 heavy (non-hydrogen) atoms. The Bertz CT molecular complexity index is 474. The third-order valence-electron chi connectivity index (χ3n) is 9.79. The van der Waals surface area contributed by atoms with E-state index < -0.39 is 0 Å². The van der Waals surface area contributed by atoms with Gasteiger partial charge < -0.3 is 5.11 Å². The van der Waals surface area contributed by atoms with Crippen LogP contribution >= 0.6 is 0 Å². The Balaban J connectivity index is 1.57. The third kappa shape index (κ3) is 0.734. The first-order valence-corrected chi connectivity index (χ1v) is 8.93. The minimum absolute atomic E-state index is 0.183. The molecule has 0 amide bonds. The van der Waals surface area contributed by atoms with Gasteiger partial charge in [-0.2, -0.15) is 0 Å². The summed E-state index contributed by atoms with van der Waals surface area (Å²) in [5.74, 6) is 8.59. The summed E-state index contributed by atoms with van der Waals surface area (Å²) in [6.07, 6.45) is 10.3. The summed E-state index contributed by atoms with van der Waals surface area (Å²) in [6.45, 7) is 0. The van der Waals surface area contributed by atoms with Gasteiger partial charge in [-0.3, -0.25) is 0 Å². The van der Waals surface area contributed by atoms with E-state index in [1.807, 2.05) is 0 Å². The van der Waals surface area contributed by atoms with E-state index in [2.05, 4.69) is 0 Å². The van der Waals surface area contributed by atoms with Gasteiger partial charge in [0.1, 0.15) is 0 Å². The number of hydrogen-bond donors (Lipinski definition) is 1.